The van der Waals surface area contributed by atoms with Crippen LogP contribution in [0.15, 0.2) is 79.1 Å². The lowest BCUT2D eigenvalue weighted by molar-refractivity contribution is -0.137. The molecule has 0 aliphatic rings. The van der Waals surface area contributed by atoms with E-state index in [-0.39, 0.29) is 39.2 Å². The molecule has 0 unspecified atom stereocenters. The van der Waals surface area contributed by atoms with Crippen molar-refractivity contribution < 1.29 is 27.9 Å². The van der Waals surface area contributed by atoms with Crippen molar-refractivity contribution in [1.29, 1.82) is 0 Å². The Hall–Kier alpha value is -4.64. The first-order valence-corrected chi connectivity index (χ1v) is 10.9. The number of hydrogen-bond donors (Lipinski definition) is 4. The summed E-state index contributed by atoms with van der Waals surface area (Å²) in [5.74, 6) is -1.04. The maximum atomic E-state index is 12.9. The number of nitrogens with one attached hydrogen (secondary N) is 3. The maximum Gasteiger partial charge on any atom is 0.416 e. The summed E-state index contributed by atoms with van der Waals surface area (Å²) in [5.41, 5.74) is -0.0886. The highest BCUT2D eigenvalue weighted by molar-refractivity contribution is 6.34. The fourth-order valence-corrected chi connectivity index (χ4v) is 3.35. The molecule has 4 aromatic rings. The minimum absolute atomic E-state index is 0.00908. The molecule has 12 heteroatoms. The highest BCUT2D eigenvalue weighted by Crippen LogP contribution is 2.30. The van der Waals surface area contributed by atoms with Crippen molar-refractivity contribution in [3.05, 3.63) is 101 Å². The molecular formula is C25H17ClF3N5O3. The Labute approximate surface area is 213 Å². The number of anilines is 4. The molecule has 8 nitrogen and oxygen atoms in total. The van der Waals surface area contributed by atoms with E-state index >= 15 is 0 Å². The highest BCUT2D eigenvalue weighted by Gasteiger charge is 2.31. The van der Waals surface area contributed by atoms with Gasteiger partial charge in [0.2, 0.25) is 5.95 Å². The van der Waals surface area contributed by atoms with Gasteiger partial charge in [0, 0.05) is 16.9 Å². The van der Waals surface area contributed by atoms with Crippen molar-refractivity contribution in [2.45, 2.75) is 6.18 Å². The molecule has 1 heterocycles. The van der Waals surface area contributed by atoms with Crippen molar-refractivity contribution in [3.63, 3.8) is 0 Å². The number of carbonyl (C=O) groups excluding carboxylic acids is 2. The first-order valence-electron chi connectivity index (χ1n) is 10.6. The van der Waals surface area contributed by atoms with Crippen LogP contribution in [-0.4, -0.2) is 26.9 Å². The molecule has 0 saturated heterocycles. The smallest absolute Gasteiger partial charge is 0.416 e. The number of phenols is 1. The minimum Gasteiger partial charge on any atom is -0.508 e. The van der Waals surface area contributed by atoms with Gasteiger partial charge in [-0.2, -0.15) is 13.2 Å². The standard InChI is InChI=1S/C25H17ClF3N5O3/c26-21-9-6-17(32-22(36)14-2-1-3-15(10-14)25(27,28)29)11-20(21)23(37)33-18-12-30-24(31-13-18)34-16-4-7-19(35)8-5-16/h1-13,35H,(H,32,36)(H,33,37)(H,30,31,34). The second-order valence-corrected chi connectivity index (χ2v) is 8.06. The van der Waals surface area contributed by atoms with Gasteiger partial charge < -0.3 is 21.1 Å². The van der Waals surface area contributed by atoms with Crippen LogP contribution in [0.1, 0.15) is 26.3 Å². The third-order valence-electron chi connectivity index (χ3n) is 4.95. The summed E-state index contributed by atoms with van der Waals surface area (Å²) in [5, 5.41) is 17.4. The second-order valence-electron chi connectivity index (χ2n) is 7.65. The summed E-state index contributed by atoms with van der Waals surface area (Å²) in [6.45, 7) is 0. The third-order valence-corrected chi connectivity index (χ3v) is 5.28. The highest BCUT2D eigenvalue weighted by atomic mass is 35.5. The van der Waals surface area contributed by atoms with Crippen molar-refractivity contribution in [2.24, 2.45) is 0 Å². The lowest BCUT2D eigenvalue weighted by Gasteiger charge is -2.11. The average Bonchev–Trinajstić information content (AvgIpc) is 2.87. The first kappa shape index (κ1) is 25.5. The average molecular weight is 528 g/mol. The number of rotatable bonds is 6. The summed E-state index contributed by atoms with van der Waals surface area (Å²) >= 11 is 6.15. The Kier molecular flexibility index (Phi) is 7.25. The second kappa shape index (κ2) is 10.5. The predicted molar refractivity (Wildman–Crippen MR) is 132 cm³/mol. The molecule has 4 N–H and O–H groups in total. The topological polar surface area (TPSA) is 116 Å². The maximum absolute atomic E-state index is 12.9. The van der Waals surface area contributed by atoms with E-state index in [0.29, 0.717) is 5.69 Å². The van der Waals surface area contributed by atoms with Gasteiger partial charge >= 0.3 is 6.18 Å². The van der Waals surface area contributed by atoms with Gasteiger partial charge in [-0.3, -0.25) is 9.59 Å². The quantitative estimate of drug-likeness (QED) is 0.225. The summed E-state index contributed by atoms with van der Waals surface area (Å²) in [4.78, 5) is 33.5. The Bertz CT molecular complexity index is 1450. The van der Waals surface area contributed by atoms with Crippen LogP contribution < -0.4 is 16.0 Å². The zero-order valence-corrected chi connectivity index (χ0v) is 19.4. The van der Waals surface area contributed by atoms with Gasteiger partial charge in [0.25, 0.3) is 11.8 Å². The van der Waals surface area contributed by atoms with E-state index in [2.05, 4.69) is 25.9 Å². The number of carbonyl (C=O) groups is 2. The van der Waals surface area contributed by atoms with Crippen molar-refractivity contribution in [2.75, 3.05) is 16.0 Å². The minimum atomic E-state index is -4.59. The molecule has 0 spiro atoms. The number of aromatic hydroxyl groups is 1. The van der Waals surface area contributed by atoms with Gasteiger partial charge in [-0.15, -0.1) is 0 Å². The summed E-state index contributed by atoms with van der Waals surface area (Å²) < 4.78 is 38.8. The van der Waals surface area contributed by atoms with E-state index in [4.69, 9.17) is 11.6 Å². The number of nitrogens with zero attached hydrogens (tertiary/aromatic N) is 2. The predicted octanol–water partition coefficient (Wildman–Crippen LogP) is 6.10. The fourth-order valence-electron chi connectivity index (χ4n) is 3.15. The van der Waals surface area contributed by atoms with Crippen molar-refractivity contribution >= 4 is 46.4 Å². The summed E-state index contributed by atoms with van der Waals surface area (Å²) in [6, 6.07) is 14.3. The number of halogens is 4. The molecule has 1 aromatic heterocycles. The molecule has 0 saturated carbocycles. The summed E-state index contributed by atoms with van der Waals surface area (Å²) in [7, 11) is 0. The Morgan fingerprint density at radius 1 is 0.811 bits per heavy atom. The SMILES string of the molecule is O=C(Nc1ccc(Cl)c(C(=O)Nc2cnc(Nc3ccc(O)cc3)nc2)c1)c1cccc(C(F)(F)F)c1. The van der Waals surface area contributed by atoms with Crippen LogP contribution in [-0.2, 0) is 6.18 Å². The molecule has 0 atom stereocenters. The molecule has 2 amide bonds. The van der Waals surface area contributed by atoms with E-state index in [0.717, 1.165) is 18.2 Å². The number of amides is 2. The molecule has 0 bridgehead atoms. The largest absolute Gasteiger partial charge is 0.508 e. The molecule has 188 valence electrons. The van der Waals surface area contributed by atoms with Gasteiger partial charge in [-0.25, -0.2) is 9.97 Å². The van der Waals surface area contributed by atoms with Gasteiger partial charge in [-0.05, 0) is 60.7 Å². The fraction of sp³-hybridized carbons (Fsp3) is 0.0400. The number of aromatic nitrogens is 2. The van der Waals surface area contributed by atoms with Crippen molar-refractivity contribution in [1.82, 2.24) is 9.97 Å². The number of hydrogen-bond acceptors (Lipinski definition) is 6. The van der Waals surface area contributed by atoms with Crippen LogP contribution in [0.4, 0.5) is 36.2 Å². The van der Waals surface area contributed by atoms with Crippen LogP contribution in [0, 0.1) is 0 Å². The molecule has 0 aliphatic carbocycles. The zero-order chi connectivity index (χ0) is 26.6. The number of benzene rings is 3. The van der Waals surface area contributed by atoms with E-state index in [1.807, 2.05) is 0 Å². The van der Waals surface area contributed by atoms with Gasteiger partial charge in [-0.1, -0.05) is 17.7 Å². The Morgan fingerprint density at radius 3 is 2.14 bits per heavy atom. The molecule has 37 heavy (non-hydrogen) atoms. The summed E-state index contributed by atoms with van der Waals surface area (Å²) in [6.07, 6.45) is -1.87. The lowest BCUT2D eigenvalue weighted by atomic mass is 10.1. The normalized spacial score (nSPS) is 11.0. The Balaban J connectivity index is 1.44. The zero-order valence-electron chi connectivity index (χ0n) is 18.7. The molecular weight excluding hydrogens is 511 g/mol. The van der Waals surface area contributed by atoms with E-state index in [1.165, 1.54) is 48.8 Å². The monoisotopic (exact) mass is 527 g/mol. The lowest BCUT2D eigenvalue weighted by Crippen LogP contribution is -2.16. The van der Waals surface area contributed by atoms with Crippen LogP contribution in [0.25, 0.3) is 0 Å². The van der Waals surface area contributed by atoms with Gasteiger partial charge in [0.05, 0.1) is 34.2 Å². The number of alkyl halides is 3. The van der Waals surface area contributed by atoms with Crippen LogP contribution in [0.2, 0.25) is 5.02 Å². The van der Waals surface area contributed by atoms with Gasteiger partial charge in [0.15, 0.2) is 0 Å². The van der Waals surface area contributed by atoms with Gasteiger partial charge in [0.1, 0.15) is 5.75 Å². The third kappa shape index (κ3) is 6.53. The molecule has 3 aromatic carbocycles. The van der Waals surface area contributed by atoms with Crippen LogP contribution >= 0.6 is 11.6 Å². The molecule has 0 radical (unpaired) electrons. The molecule has 0 aliphatic heterocycles. The first-order chi connectivity index (χ1) is 17.6. The van der Waals surface area contributed by atoms with E-state index < -0.39 is 23.6 Å². The van der Waals surface area contributed by atoms with Crippen LogP contribution in [0.3, 0.4) is 0 Å². The number of phenolic OH excluding ortho intramolecular Hbond substituents is 1. The van der Waals surface area contributed by atoms with Crippen LogP contribution in [0.5, 0.6) is 5.75 Å². The van der Waals surface area contributed by atoms with E-state index in [9.17, 15) is 27.9 Å². The van der Waals surface area contributed by atoms with Crippen molar-refractivity contribution in [3.8, 4) is 5.75 Å². The molecule has 4 rings (SSSR count). The molecule has 0 fully saturated rings. The Morgan fingerprint density at radius 2 is 1.46 bits per heavy atom. The van der Waals surface area contributed by atoms with E-state index in [1.54, 1.807) is 12.1 Å².